The average Bonchev–Trinajstić information content (AvgIpc) is 2.46. The Balaban J connectivity index is 2.60. The smallest absolute Gasteiger partial charge is 0.180 e. The SMILES string of the molecule is Cc1nc(N)sc1-c1ccccc1Cl. The predicted molar refractivity (Wildman–Crippen MR) is 61.7 cm³/mol. The van der Waals surface area contributed by atoms with Crippen molar-refractivity contribution in [2.24, 2.45) is 0 Å². The molecule has 4 heteroatoms. The van der Waals surface area contributed by atoms with Crippen molar-refractivity contribution in [3.63, 3.8) is 0 Å². The highest BCUT2D eigenvalue weighted by Gasteiger charge is 2.10. The van der Waals surface area contributed by atoms with Crippen LogP contribution < -0.4 is 5.73 Å². The first-order valence-electron chi connectivity index (χ1n) is 4.16. The van der Waals surface area contributed by atoms with Gasteiger partial charge in [0.05, 0.1) is 10.6 Å². The number of aromatic nitrogens is 1. The Labute approximate surface area is 91.4 Å². The number of thiazole rings is 1. The summed E-state index contributed by atoms with van der Waals surface area (Å²) in [5, 5.41) is 1.32. The van der Waals surface area contributed by atoms with E-state index in [0.717, 1.165) is 21.2 Å². The first-order valence-corrected chi connectivity index (χ1v) is 5.35. The van der Waals surface area contributed by atoms with Crippen molar-refractivity contribution in [3.05, 3.63) is 35.0 Å². The largest absolute Gasteiger partial charge is 0.375 e. The van der Waals surface area contributed by atoms with E-state index in [1.165, 1.54) is 11.3 Å². The van der Waals surface area contributed by atoms with Crippen LogP contribution in [0, 0.1) is 6.92 Å². The van der Waals surface area contributed by atoms with Gasteiger partial charge >= 0.3 is 0 Å². The highest BCUT2D eigenvalue weighted by molar-refractivity contribution is 7.19. The molecule has 0 bridgehead atoms. The molecule has 2 nitrogen and oxygen atoms in total. The molecule has 72 valence electrons. The second-order valence-corrected chi connectivity index (χ2v) is 4.38. The van der Waals surface area contributed by atoms with Gasteiger partial charge in [-0.15, -0.1) is 0 Å². The van der Waals surface area contributed by atoms with Gasteiger partial charge in [-0.2, -0.15) is 0 Å². The van der Waals surface area contributed by atoms with E-state index in [4.69, 9.17) is 17.3 Å². The van der Waals surface area contributed by atoms with E-state index in [1.54, 1.807) is 0 Å². The van der Waals surface area contributed by atoms with Crippen LogP contribution in [0.1, 0.15) is 5.69 Å². The van der Waals surface area contributed by atoms with Crippen LogP contribution in [0.4, 0.5) is 5.13 Å². The number of benzene rings is 1. The van der Waals surface area contributed by atoms with Gasteiger partial charge in [0.15, 0.2) is 5.13 Å². The Bertz CT molecular complexity index is 465. The number of nitrogens with zero attached hydrogens (tertiary/aromatic N) is 1. The Morgan fingerprint density at radius 1 is 1.36 bits per heavy atom. The van der Waals surface area contributed by atoms with Gasteiger partial charge in [-0.25, -0.2) is 4.98 Å². The lowest BCUT2D eigenvalue weighted by molar-refractivity contribution is 1.27. The van der Waals surface area contributed by atoms with Crippen LogP contribution in [-0.4, -0.2) is 4.98 Å². The number of hydrogen-bond acceptors (Lipinski definition) is 3. The normalized spacial score (nSPS) is 10.4. The van der Waals surface area contributed by atoms with Gasteiger partial charge in [0.1, 0.15) is 0 Å². The zero-order valence-corrected chi connectivity index (χ0v) is 9.19. The van der Waals surface area contributed by atoms with E-state index >= 15 is 0 Å². The summed E-state index contributed by atoms with van der Waals surface area (Å²) in [5.41, 5.74) is 7.56. The quantitative estimate of drug-likeness (QED) is 0.807. The molecule has 2 aromatic rings. The highest BCUT2D eigenvalue weighted by atomic mass is 35.5. The maximum Gasteiger partial charge on any atom is 0.180 e. The fraction of sp³-hybridized carbons (Fsp3) is 0.100. The predicted octanol–water partition coefficient (Wildman–Crippen LogP) is 3.35. The second-order valence-electron chi connectivity index (χ2n) is 2.95. The fourth-order valence-corrected chi connectivity index (χ4v) is 2.47. The summed E-state index contributed by atoms with van der Waals surface area (Å²) in [6.45, 7) is 1.94. The number of rotatable bonds is 1. The molecule has 0 aliphatic heterocycles. The van der Waals surface area contributed by atoms with Crippen molar-refractivity contribution in [1.29, 1.82) is 0 Å². The first kappa shape index (κ1) is 9.49. The minimum absolute atomic E-state index is 0.581. The van der Waals surface area contributed by atoms with E-state index in [-0.39, 0.29) is 0 Å². The van der Waals surface area contributed by atoms with Crippen LogP contribution in [0.2, 0.25) is 5.02 Å². The Morgan fingerprint density at radius 2 is 2.07 bits per heavy atom. The molecule has 0 saturated carbocycles. The lowest BCUT2D eigenvalue weighted by Crippen LogP contribution is -1.81. The summed E-state index contributed by atoms with van der Waals surface area (Å²) < 4.78 is 0. The minimum atomic E-state index is 0.581. The molecule has 1 aromatic carbocycles. The summed E-state index contributed by atoms with van der Waals surface area (Å²) in [5.74, 6) is 0. The van der Waals surface area contributed by atoms with Crippen LogP contribution >= 0.6 is 22.9 Å². The lowest BCUT2D eigenvalue weighted by Gasteiger charge is -2.00. The van der Waals surface area contributed by atoms with Gasteiger partial charge in [-0.3, -0.25) is 0 Å². The second kappa shape index (κ2) is 3.59. The topological polar surface area (TPSA) is 38.9 Å². The molecule has 0 aliphatic rings. The molecule has 0 atom stereocenters. The van der Waals surface area contributed by atoms with E-state index in [0.29, 0.717) is 5.13 Å². The van der Waals surface area contributed by atoms with E-state index in [1.807, 2.05) is 31.2 Å². The van der Waals surface area contributed by atoms with Crippen LogP contribution in [0.5, 0.6) is 0 Å². The van der Waals surface area contributed by atoms with E-state index in [2.05, 4.69) is 4.98 Å². The molecule has 0 saturated heterocycles. The molecule has 0 aliphatic carbocycles. The molecule has 0 fully saturated rings. The summed E-state index contributed by atoms with van der Waals surface area (Å²) in [6, 6.07) is 7.71. The van der Waals surface area contributed by atoms with Crippen molar-refractivity contribution in [2.75, 3.05) is 5.73 Å². The molecular formula is C10H9ClN2S. The number of aryl methyl sites for hydroxylation is 1. The van der Waals surface area contributed by atoms with Gasteiger partial charge in [0.25, 0.3) is 0 Å². The van der Waals surface area contributed by atoms with Crippen molar-refractivity contribution < 1.29 is 0 Å². The molecule has 2 N–H and O–H groups in total. The first-order chi connectivity index (χ1) is 6.68. The number of halogens is 1. The van der Waals surface area contributed by atoms with Crippen LogP contribution in [0.25, 0.3) is 10.4 Å². The maximum absolute atomic E-state index is 6.08. The van der Waals surface area contributed by atoms with Crippen molar-refractivity contribution in [3.8, 4) is 10.4 Å². The van der Waals surface area contributed by atoms with Crippen LogP contribution in [-0.2, 0) is 0 Å². The lowest BCUT2D eigenvalue weighted by atomic mass is 10.2. The standard InChI is InChI=1S/C10H9ClN2S/c1-6-9(14-10(12)13-6)7-4-2-3-5-8(7)11/h2-5H,1H3,(H2,12,13). The molecule has 14 heavy (non-hydrogen) atoms. The molecular weight excluding hydrogens is 216 g/mol. The third-order valence-corrected chi connectivity index (χ3v) is 3.28. The van der Waals surface area contributed by atoms with Crippen LogP contribution in [0.3, 0.4) is 0 Å². The Hall–Kier alpha value is -1.06. The summed E-state index contributed by atoms with van der Waals surface area (Å²) in [6.07, 6.45) is 0. The number of nitrogens with two attached hydrogens (primary N) is 1. The summed E-state index contributed by atoms with van der Waals surface area (Å²) in [7, 11) is 0. The van der Waals surface area contributed by atoms with Crippen molar-refractivity contribution in [2.45, 2.75) is 6.92 Å². The van der Waals surface area contributed by atoms with E-state index < -0.39 is 0 Å². The van der Waals surface area contributed by atoms with Crippen LogP contribution in [0.15, 0.2) is 24.3 Å². The average molecular weight is 225 g/mol. The zero-order valence-electron chi connectivity index (χ0n) is 7.62. The maximum atomic E-state index is 6.08. The fourth-order valence-electron chi connectivity index (χ4n) is 1.31. The van der Waals surface area contributed by atoms with Crippen molar-refractivity contribution >= 4 is 28.1 Å². The molecule has 2 rings (SSSR count). The van der Waals surface area contributed by atoms with E-state index in [9.17, 15) is 0 Å². The number of hydrogen-bond donors (Lipinski definition) is 1. The Morgan fingerprint density at radius 3 is 2.64 bits per heavy atom. The molecule has 0 amide bonds. The summed E-state index contributed by atoms with van der Waals surface area (Å²) in [4.78, 5) is 5.22. The molecule has 0 unspecified atom stereocenters. The third kappa shape index (κ3) is 1.61. The highest BCUT2D eigenvalue weighted by Crippen LogP contribution is 2.35. The van der Waals surface area contributed by atoms with Gasteiger partial charge < -0.3 is 5.73 Å². The zero-order chi connectivity index (χ0) is 10.1. The van der Waals surface area contributed by atoms with Gasteiger partial charge in [0, 0.05) is 10.6 Å². The number of nitrogen functional groups attached to an aromatic ring is 1. The summed E-state index contributed by atoms with van der Waals surface area (Å²) >= 11 is 7.54. The van der Waals surface area contributed by atoms with Gasteiger partial charge in [0.2, 0.25) is 0 Å². The van der Waals surface area contributed by atoms with Crippen molar-refractivity contribution in [1.82, 2.24) is 4.98 Å². The van der Waals surface area contributed by atoms with Gasteiger partial charge in [-0.05, 0) is 13.0 Å². The number of anilines is 1. The molecule has 1 aromatic heterocycles. The molecule has 0 radical (unpaired) electrons. The molecule has 0 spiro atoms. The third-order valence-electron chi connectivity index (χ3n) is 1.93. The minimum Gasteiger partial charge on any atom is -0.375 e. The monoisotopic (exact) mass is 224 g/mol. The Kier molecular flexibility index (Phi) is 2.44. The van der Waals surface area contributed by atoms with Gasteiger partial charge in [-0.1, -0.05) is 41.1 Å². The molecule has 1 heterocycles.